The van der Waals surface area contributed by atoms with Crippen molar-refractivity contribution in [2.24, 2.45) is 7.05 Å². The monoisotopic (exact) mass is 520 g/mol. The van der Waals surface area contributed by atoms with Gasteiger partial charge in [-0.3, -0.25) is 28.8 Å². The molecule has 2 fully saturated rings. The first-order valence-corrected chi connectivity index (χ1v) is 13.0. The Morgan fingerprint density at radius 1 is 1.05 bits per heavy atom. The first kappa shape index (κ1) is 25.9. The molecule has 10 heteroatoms. The number of fused-ring (bicyclic) bond motifs is 1. The number of carbonyl (C=O) groups is 3. The molecule has 2 aromatic carbocycles. The third-order valence-electron chi connectivity index (χ3n) is 7.24. The van der Waals surface area contributed by atoms with Crippen LogP contribution in [0.15, 0.2) is 53.3 Å². The number of rotatable bonds is 9. The van der Waals surface area contributed by atoms with Crippen LogP contribution in [-0.2, 0) is 43.9 Å². The zero-order valence-corrected chi connectivity index (χ0v) is 21.4. The standard InChI is InChI=1S/C28H32N4O6/c1-31-24-14-18(9-10-22(24)32(28(31)36)23-11-12-25(33)30-26(23)34)8-5-13-37-20-15-21(29-16-20)27(35)38-17-19-6-3-2-4-7-19/h2-4,6-7,9-10,14,20-21,23,29H,5,8,11-13,15-17H2,1H3,(H,30,33,34)/t20-,21+,23?/m1/s1. The van der Waals surface area contributed by atoms with E-state index in [1.807, 2.05) is 48.5 Å². The van der Waals surface area contributed by atoms with Crippen LogP contribution in [0.5, 0.6) is 0 Å². The van der Waals surface area contributed by atoms with Gasteiger partial charge >= 0.3 is 11.7 Å². The number of aromatic nitrogens is 2. The summed E-state index contributed by atoms with van der Waals surface area (Å²) in [5.41, 5.74) is 3.16. The van der Waals surface area contributed by atoms with E-state index in [4.69, 9.17) is 9.47 Å². The molecule has 1 aromatic heterocycles. The molecule has 0 spiro atoms. The van der Waals surface area contributed by atoms with Gasteiger partial charge in [0.05, 0.1) is 17.1 Å². The fourth-order valence-electron chi connectivity index (χ4n) is 5.16. The summed E-state index contributed by atoms with van der Waals surface area (Å²) in [7, 11) is 1.69. The molecule has 0 aliphatic carbocycles. The average Bonchev–Trinajstić information content (AvgIpc) is 3.49. The number of aryl methyl sites for hydroxylation is 2. The van der Waals surface area contributed by atoms with Gasteiger partial charge in [0.15, 0.2) is 0 Å². The Bertz CT molecular complexity index is 1400. The number of imidazole rings is 1. The van der Waals surface area contributed by atoms with Crippen molar-refractivity contribution in [2.45, 2.75) is 56.9 Å². The Morgan fingerprint density at radius 3 is 2.66 bits per heavy atom. The number of amides is 2. The molecule has 10 nitrogen and oxygen atoms in total. The number of carbonyl (C=O) groups excluding carboxylic acids is 3. The Morgan fingerprint density at radius 2 is 1.87 bits per heavy atom. The summed E-state index contributed by atoms with van der Waals surface area (Å²) >= 11 is 0. The highest BCUT2D eigenvalue weighted by atomic mass is 16.5. The lowest BCUT2D eigenvalue weighted by Gasteiger charge is -2.21. The van der Waals surface area contributed by atoms with Crippen molar-refractivity contribution in [3.63, 3.8) is 0 Å². The van der Waals surface area contributed by atoms with E-state index in [9.17, 15) is 19.2 Å². The van der Waals surface area contributed by atoms with E-state index in [0.29, 0.717) is 31.5 Å². The van der Waals surface area contributed by atoms with Crippen LogP contribution in [-0.4, -0.2) is 52.2 Å². The van der Waals surface area contributed by atoms with Crippen LogP contribution in [0.1, 0.15) is 42.9 Å². The second kappa shape index (κ2) is 11.3. The number of hydrogen-bond donors (Lipinski definition) is 2. The Hall–Kier alpha value is -3.76. The molecule has 0 saturated carbocycles. The van der Waals surface area contributed by atoms with Crippen molar-refractivity contribution >= 4 is 28.8 Å². The Balaban J connectivity index is 1.11. The molecule has 3 heterocycles. The van der Waals surface area contributed by atoms with Gasteiger partial charge in [-0.25, -0.2) is 4.79 Å². The lowest BCUT2D eigenvalue weighted by Crippen LogP contribution is -2.44. The van der Waals surface area contributed by atoms with Gasteiger partial charge in [-0.1, -0.05) is 36.4 Å². The van der Waals surface area contributed by atoms with Gasteiger partial charge in [-0.2, -0.15) is 0 Å². The van der Waals surface area contributed by atoms with Gasteiger partial charge in [0.1, 0.15) is 18.7 Å². The second-order valence-electron chi connectivity index (χ2n) is 9.89. The zero-order chi connectivity index (χ0) is 26.6. The second-order valence-corrected chi connectivity index (χ2v) is 9.89. The summed E-state index contributed by atoms with van der Waals surface area (Å²) in [5.74, 6) is -1.01. The van der Waals surface area contributed by atoms with Gasteiger partial charge in [0.25, 0.3) is 0 Å². The fraction of sp³-hybridized carbons (Fsp3) is 0.429. The molecule has 38 heavy (non-hydrogen) atoms. The lowest BCUT2D eigenvalue weighted by atomic mass is 10.1. The van der Waals surface area contributed by atoms with Crippen molar-refractivity contribution in [3.8, 4) is 0 Å². The molecular formula is C28H32N4O6. The fourth-order valence-corrected chi connectivity index (χ4v) is 5.16. The highest BCUT2D eigenvalue weighted by Gasteiger charge is 2.32. The average molecular weight is 521 g/mol. The SMILES string of the molecule is Cn1c(=O)n(C2CCC(=O)NC2=O)c2ccc(CCCO[C@H]3CN[C@H](C(=O)OCc4ccccc4)C3)cc21. The molecule has 2 N–H and O–H groups in total. The smallest absolute Gasteiger partial charge is 0.329 e. The molecule has 0 bridgehead atoms. The topological polar surface area (TPSA) is 121 Å². The quantitative estimate of drug-likeness (QED) is 0.251. The molecule has 0 radical (unpaired) electrons. The van der Waals surface area contributed by atoms with Crippen molar-refractivity contribution in [2.75, 3.05) is 13.2 Å². The highest BCUT2D eigenvalue weighted by Crippen LogP contribution is 2.24. The number of benzene rings is 2. The highest BCUT2D eigenvalue weighted by molar-refractivity contribution is 6.00. The van der Waals surface area contributed by atoms with E-state index >= 15 is 0 Å². The maximum Gasteiger partial charge on any atom is 0.329 e. The number of nitrogens with zero attached hydrogens (tertiary/aromatic N) is 2. The lowest BCUT2D eigenvalue weighted by molar-refractivity contribution is -0.147. The number of piperidine rings is 1. The molecule has 1 unspecified atom stereocenters. The van der Waals surface area contributed by atoms with Crippen LogP contribution in [0.2, 0.25) is 0 Å². The van der Waals surface area contributed by atoms with Crippen molar-refractivity contribution < 1.29 is 23.9 Å². The minimum absolute atomic E-state index is 0.0462. The predicted octanol–water partition coefficient (Wildman–Crippen LogP) is 1.74. The van der Waals surface area contributed by atoms with Crippen LogP contribution in [0.3, 0.4) is 0 Å². The maximum absolute atomic E-state index is 12.9. The summed E-state index contributed by atoms with van der Waals surface area (Å²) in [6.07, 6.45) is 2.60. The van der Waals surface area contributed by atoms with E-state index in [0.717, 1.165) is 29.5 Å². The van der Waals surface area contributed by atoms with E-state index in [1.165, 1.54) is 4.57 Å². The molecule has 3 aromatic rings. The molecular weight excluding hydrogens is 488 g/mol. The summed E-state index contributed by atoms with van der Waals surface area (Å²) in [5, 5.41) is 5.52. The third kappa shape index (κ3) is 5.56. The third-order valence-corrected chi connectivity index (χ3v) is 7.24. The molecule has 200 valence electrons. The number of ether oxygens (including phenoxy) is 2. The maximum atomic E-state index is 12.9. The molecule has 2 aliphatic heterocycles. The Kier molecular flexibility index (Phi) is 7.71. The van der Waals surface area contributed by atoms with E-state index in [2.05, 4.69) is 10.6 Å². The summed E-state index contributed by atoms with van der Waals surface area (Å²) in [6, 6.07) is 14.3. The predicted molar refractivity (Wildman–Crippen MR) is 139 cm³/mol. The van der Waals surface area contributed by atoms with Gasteiger partial charge < -0.3 is 14.8 Å². The normalized spacial score (nSPS) is 21.6. The number of nitrogens with one attached hydrogen (secondary N) is 2. The van der Waals surface area contributed by atoms with E-state index in [-0.39, 0.29) is 42.7 Å². The van der Waals surface area contributed by atoms with Crippen LogP contribution in [0, 0.1) is 0 Å². The van der Waals surface area contributed by atoms with Crippen LogP contribution < -0.4 is 16.3 Å². The van der Waals surface area contributed by atoms with Crippen LogP contribution in [0.4, 0.5) is 0 Å². The van der Waals surface area contributed by atoms with Crippen molar-refractivity contribution in [3.05, 3.63) is 70.1 Å². The van der Waals surface area contributed by atoms with Crippen LogP contribution >= 0.6 is 0 Å². The molecule has 2 amide bonds. The summed E-state index contributed by atoms with van der Waals surface area (Å²) in [6.45, 7) is 1.41. The number of esters is 1. The van der Waals surface area contributed by atoms with Gasteiger partial charge in [-0.15, -0.1) is 0 Å². The van der Waals surface area contributed by atoms with E-state index < -0.39 is 11.9 Å². The zero-order valence-electron chi connectivity index (χ0n) is 21.4. The minimum Gasteiger partial charge on any atom is -0.460 e. The summed E-state index contributed by atoms with van der Waals surface area (Å²) in [4.78, 5) is 49.2. The van der Waals surface area contributed by atoms with Gasteiger partial charge in [0, 0.05) is 33.0 Å². The summed E-state index contributed by atoms with van der Waals surface area (Å²) < 4.78 is 14.5. The van der Waals surface area contributed by atoms with E-state index in [1.54, 1.807) is 11.6 Å². The Labute approximate surface area is 219 Å². The first-order valence-electron chi connectivity index (χ1n) is 13.0. The number of hydrogen-bond acceptors (Lipinski definition) is 7. The molecule has 5 rings (SSSR count). The minimum atomic E-state index is -0.692. The van der Waals surface area contributed by atoms with Crippen molar-refractivity contribution in [1.82, 2.24) is 19.8 Å². The van der Waals surface area contributed by atoms with Gasteiger partial charge in [0.2, 0.25) is 11.8 Å². The first-order chi connectivity index (χ1) is 18.4. The van der Waals surface area contributed by atoms with Crippen LogP contribution in [0.25, 0.3) is 11.0 Å². The molecule has 2 aliphatic rings. The molecule has 2 saturated heterocycles. The number of imide groups is 1. The van der Waals surface area contributed by atoms with Gasteiger partial charge in [-0.05, 0) is 42.5 Å². The largest absolute Gasteiger partial charge is 0.460 e. The molecule has 3 atom stereocenters. The van der Waals surface area contributed by atoms with Crippen molar-refractivity contribution in [1.29, 1.82) is 0 Å².